The highest BCUT2D eigenvalue weighted by molar-refractivity contribution is 7.98. The van der Waals surface area contributed by atoms with Crippen molar-refractivity contribution in [3.05, 3.63) is 10.8 Å². The van der Waals surface area contributed by atoms with Crippen LogP contribution in [0.5, 0.6) is 0 Å². The van der Waals surface area contributed by atoms with Gasteiger partial charge in [0.05, 0.1) is 5.75 Å². The van der Waals surface area contributed by atoms with E-state index in [-0.39, 0.29) is 0 Å². The molecule has 0 aromatic carbocycles. The monoisotopic (exact) mass is 324 g/mol. The second-order valence-electron chi connectivity index (χ2n) is 5.08. The van der Waals surface area contributed by atoms with Crippen LogP contribution >= 0.6 is 23.1 Å². The predicted octanol–water partition coefficient (Wildman–Crippen LogP) is 2.97. The molecule has 21 heavy (non-hydrogen) atoms. The maximum Gasteiger partial charge on any atom is 0.205 e. The molecule has 0 atom stereocenters. The smallest absolute Gasteiger partial charge is 0.205 e. The Morgan fingerprint density at radius 3 is 3.05 bits per heavy atom. The Balaban J connectivity index is 1.60. The Labute approximate surface area is 132 Å². The van der Waals surface area contributed by atoms with Gasteiger partial charge in [0, 0.05) is 19.5 Å². The Morgan fingerprint density at radius 2 is 2.14 bits per heavy atom. The fraction of sp³-hybridized carbons (Fsp3) is 0.692. The number of nitrogens with zero attached hydrogens (tertiary/aromatic N) is 5. The van der Waals surface area contributed by atoms with E-state index in [2.05, 4.69) is 37.2 Å². The minimum absolute atomic E-state index is 0.809. The standard InChI is InChI=1S/C13H20N6S2/c1-2-7-14-12-17-16-11(21-12)9-20-13-18-15-10-6-4-3-5-8-19(10)13/h2-9H2,1H3,(H,14,17). The molecule has 0 amide bonds. The molecule has 114 valence electrons. The molecule has 3 heterocycles. The van der Waals surface area contributed by atoms with Crippen molar-refractivity contribution in [3.63, 3.8) is 0 Å². The second kappa shape index (κ2) is 7.22. The highest BCUT2D eigenvalue weighted by Crippen LogP contribution is 2.27. The van der Waals surface area contributed by atoms with Crippen molar-refractivity contribution in [1.29, 1.82) is 0 Å². The number of thioether (sulfide) groups is 1. The number of rotatable bonds is 6. The highest BCUT2D eigenvalue weighted by Gasteiger charge is 2.15. The number of anilines is 1. The molecule has 6 nitrogen and oxygen atoms in total. The van der Waals surface area contributed by atoms with Gasteiger partial charge in [-0.2, -0.15) is 0 Å². The number of hydrogen-bond acceptors (Lipinski definition) is 7. The first-order valence-electron chi connectivity index (χ1n) is 7.48. The molecular formula is C13H20N6S2. The molecule has 0 saturated carbocycles. The van der Waals surface area contributed by atoms with Crippen molar-refractivity contribution in [2.24, 2.45) is 0 Å². The van der Waals surface area contributed by atoms with E-state index in [0.717, 1.165) is 52.8 Å². The summed E-state index contributed by atoms with van der Waals surface area (Å²) >= 11 is 3.34. The normalized spacial score (nSPS) is 14.7. The first-order chi connectivity index (χ1) is 10.4. The first kappa shape index (κ1) is 14.8. The van der Waals surface area contributed by atoms with Crippen LogP contribution < -0.4 is 5.32 Å². The second-order valence-corrected chi connectivity index (χ2v) is 7.08. The van der Waals surface area contributed by atoms with Crippen LogP contribution in [0.15, 0.2) is 5.16 Å². The zero-order valence-corrected chi connectivity index (χ0v) is 13.8. The molecule has 2 aromatic heterocycles. The van der Waals surface area contributed by atoms with Crippen LogP contribution in [0, 0.1) is 0 Å². The summed E-state index contributed by atoms with van der Waals surface area (Å²) < 4.78 is 2.27. The van der Waals surface area contributed by atoms with E-state index in [0.29, 0.717) is 0 Å². The fourth-order valence-corrected chi connectivity index (χ4v) is 4.04. The molecule has 0 radical (unpaired) electrons. The van der Waals surface area contributed by atoms with Gasteiger partial charge in [-0.3, -0.25) is 0 Å². The molecule has 1 aliphatic heterocycles. The van der Waals surface area contributed by atoms with E-state index >= 15 is 0 Å². The van der Waals surface area contributed by atoms with Gasteiger partial charge in [-0.25, -0.2) is 0 Å². The zero-order chi connectivity index (χ0) is 14.5. The van der Waals surface area contributed by atoms with Gasteiger partial charge < -0.3 is 9.88 Å². The van der Waals surface area contributed by atoms with Crippen molar-refractivity contribution in [2.75, 3.05) is 11.9 Å². The molecule has 0 unspecified atom stereocenters. The summed E-state index contributed by atoms with van der Waals surface area (Å²) in [5.74, 6) is 1.95. The quantitative estimate of drug-likeness (QED) is 0.824. The molecule has 3 rings (SSSR count). The number of aromatic nitrogens is 5. The molecule has 0 fully saturated rings. The van der Waals surface area contributed by atoms with E-state index in [1.54, 1.807) is 23.1 Å². The lowest BCUT2D eigenvalue weighted by molar-refractivity contribution is 0.591. The number of nitrogens with one attached hydrogen (secondary N) is 1. The van der Waals surface area contributed by atoms with E-state index in [1.165, 1.54) is 19.3 Å². The summed E-state index contributed by atoms with van der Waals surface area (Å²) in [6.45, 7) is 4.13. The van der Waals surface area contributed by atoms with Gasteiger partial charge in [-0.15, -0.1) is 20.4 Å². The van der Waals surface area contributed by atoms with Gasteiger partial charge in [-0.1, -0.05) is 36.4 Å². The van der Waals surface area contributed by atoms with Gasteiger partial charge >= 0.3 is 0 Å². The lowest BCUT2D eigenvalue weighted by atomic mass is 10.2. The first-order valence-corrected chi connectivity index (χ1v) is 9.28. The Hall–Kier alpha value is -1.15. The summed E-state index contributed by atoms with van der Waals surface area (Å²) in [6.07, 6.45) is 5.89. The van der Waals surface area contributed by atoms with Crippen LogP contribution in [0.3, 0.4) is 0 Å². The fourth-order valence-electron chi connectivity index (χ4n) is 2.31. The molecule has 1 aliphatic rings. The lowest BCUT2D eigenvalue weighted by Gasteiger charge is -2.04. The van der Waals surface area contributed by atoms with E-state index in [9.17, 15) is 0 Å². The number of hydrogen-bond donors (Lipinski definition) is 1. The zero-order valence-electron chi connectivity index (χ0n) is 12.2. The predicted molar refractivity (Wildman–Crippen MR) is 85.8 cm³/mol. The molecular weight excluding hydrogens is 304 g/mol. The van der Waals surface area contributed by atoms with Gasteiger partial charge in [0.2, 0.25) is 5.13 Å². The Kier molecular flexibility index (Phi) is 5.08. The minimum Gasteiger partial charge on any atom is -0.360 e. The van der Waals surface area contributed by atoms with Gasteiger partial charge in [-0.05, 0) is 19.3 Å². The molecule has 0 aliphatic carbocycles. The lowest BCUT2D eigenvalue weighted by Crippen LogP contribution is -2.02. The van der Waals surface area contributed by atoms with Crippen molar-refractivity contribution < 1.29 is 0 Å². The van der Waals surface area contributed by atoms with Crippen LogP contribution in [-0.4, -0.2) is 31.5 Å². The summed E-state index contributed by atoms with van der Waals surface area (Å²) in [6, 6.07) is 0. The topological polar surface area (TPSA) is 68.5 Å². The van der Waals surface area contributed by atoms with Crippen LogP contribution in [0.2, 0.25) is 0 Å². The highest BCUT2D eigenvalue weighted by atomic mass is 32.2. The minimum atomic E-state index is 0.809. The molecule has 0 bridgehead atoms. The number of aryl methyl sites for hydroxylation is 1. The van der Waals surface area contributed by atoms with Crippen LogP contribution in [0.4, 0.5) is 5.13 Å². The van der Waals surface area contributed by atoms with Gasteiger partial charge in [0.25, 0.3) is 0 Å². The van der Waals surface area contributed by atoms with Crippen LogP contribution in [-0.2, 0) is 18.7 Å². The third-order valence-corrected chi connectivity index (χ3v) is 5.44. The average molecular weight is 324 g/mol. The van der Waals surface area contributed by atoms with Crippen LogP contribution in [0.1, 0.15) is 43.4 Å². The molecule has 0 saturated heterocycles. The van der Waals surface area contributed by atoms with Crippen molar-refractivity contribution >= 4 is 28.2 Å². The summed E-state index contributed by atoms with van der Waals surface area (Å²) in [5, 5.41) is 23.3. The average Bonchev–Trinajstić information content (AvgIpc) is 3.03. The Bertz CT molecular complexity index is 579. The Morgan fingerprint density at radius 1 is 1.19 bits per heavy atom. The molecule has 1 N–H and O–H groups in total. The van der Waals surface area contributed by atoms with Crippen molar-refractivity contribution in [2.45, 2.75) is 56.5 Å². The summed E-state index contributed by atoms with van der Waals surface area (Å²) in [7, 11) is 0. The maximum atomic E-state index is 4.33. The molecule has 0 spiro atoms. The van der Waals surface area contributed by atoms with Crippen molar-refractivity contribution in [1.82, 2.24) is 25.0 Å². The SMILES string of the molecule is CCCNc1nnc(CSc2nnc3n2CCCCC3)s1. The third kappa shape index (κ3) is 3.74. The molecule has 8 heteroatoms. The number of fused-ring (bicyclic) bond motifs is 1. The maximum absolute atomic E-state index is 4.33. The van der Waals surface area contributed by atoms with Gasteiger partial charge in [0.15, 0.2) is 5.16 Å². The van der Waals surface area contributed by atoms with E-state index < -0.39 is 0 Å². The summed E-state index contributed by atoms with van der Waals surface area (Å²) in [4.78, 5) is 0. The summed E-state index contributed by atoms with van der Waals surface area (Å²) in [5.41, 5.74) is 0. The largest absolute Gasteiger partial charge is 0.360 e. The van der Waals surface area contributed by atoms with E-state index in [4.69, 9.17) is 0 Å². The van der Waals surface area contributed by atoms with E-state index in [1.807, 2.05) is 0 Å². The van der Waals surface area contributed by atoms with Crippen LogP contribution in [0.25, 0.3) is 0 Å². The van der Waals surface area contributed by atoms with Gasteiger partial charge in [0.1, 0.15) is 10.8 Å². The van der Waals surface area contributed by atoms with Crippen molar-refractivity contribution in [3.8, 4) is 0 Å². The molecule has 2 aromatic rings. The third-order valence-electron chi connectivity index (χ3n) is 3.39.